The molecule has 0 amide bonds. The number of hydrogen-bond acceptors (Lipinski definition) is 7. The van der Waals surface area contributed by atoms with Gasteiger partial charge in [0.15, 0.2) is 0 Å². The van der Waals surface area contributed by atoms with Crippen LogP contribution >= 0.6 is 0 Å². The predicted molar refractivity (Wildman–Crippen MR) is 69.6 cm³/mol. The van der Waals surface area contributed by atoms with Crippen LogP contribution in [0, 0.1) is 0 Å². The zero-order chi connectivity index (χ0) is 14.4. The molecule has 0 atom stereocenters. The van der Waals surface area contributed by atoms with Crippen molar-refractivity contribution in [2.45, 2.75) is 19.9 Å². The van der Waals surface area contributed by atoms with Crippen LogP contribution in [0.2, 0.25) is 0 Å². The standard InChI is InChI=1S/C12H19N3O4/c1-8(2)15(7-11(16)19-5)12-13-9(17-3)6-10(14-12)18-4/h6,8H,7H2,1-5H3. The van der Waals surface area contributed by atoms with Crippen LogP contribution in [0.3, 0.4) is 0 Å². The Morgan fingerprint density at radius 1 is 1.21 bits per heavy atom. The summed E-state index contributed by atoms with van der Waals surface area (Å²) in [5, 5.41) is 0. The maximum atomic E-state index is 11.4. The molecule has 0 aliphatic carbocycles. The number of rotatable bonds is 6. The summed E-state index contributed by atoms with van der Waals surface area (Å²) in [5.74, 6) is 0.741. The van der Waals surface area contributed by atoms with Crippen LogP contribution < -0.4 is 14.4 Å². The summed E-state index contributed by atoms with van der Waals surface area (Å²) in [7, 11) is 4.35. The third-order valence-electron chi connectivity index (χ3n) is 2.49. The van der Waals surface area contributed by atoms with Crippen LogP contribution in [0.1, 0.15) is 13.8 Å². The molecule has 0 saturated carbocycles. The van der Waals surface area contributed by atoms with Crippen LogP contribution in [0.5, 0.6) is 11.8 Å². The lowest BCUT2D eigenvalue weighted by molar-refractivity contribution is -0.139. The minimum atomic E-state index is -0.362. The van der Waals surface area contributed by atoms with Gasteiger partial charge in [-0.15, -0.1) is 0 Å². The average Bonchev–Trinajstić information content (AvgIpc) is 2.43. The lowest BCUT2D eigenvalue weighted by atomic mass is 10.3. The van der Waals surface area contributed by atoms with Crippen molar-refractivity contribution >= 4 is 11.9 Å². The predicted octanol–water partition coefficient (Wildman–Crippen LogP) is 0.882. The number of aromatic nitrogens is 2. The van der Waals surface area contributed by atoms with E-state index in [4.69, 9.17) is 9.47 Å². The summed E-state index contributed by atoms with van der Waals surface area (Å²) in [4.78, 5) is 21.6. The summed E-state index contributed by atoms with van der Waals surface area (Å²) in [6, 6.07) is 1.59. The van der Waals surface area contributed by atoms with E-state index in [1.54, 1.807) is 11.0 Å². The van der Waals surface area contributed by atoms with Crippen molar-refractivity contribution in [2.75, 3.05) is 32.8 Å². The van der Waals surface area contributed by atoms with E-state index in [2.05, 4.69) is 14.7 Å². The number of carbonyl (C=O) groups is 1. The molecule has 1 rings (SSSR count). The topological polar surface area (TPSA) is 73.8 Å². The van der Waals surface area contributed by atoms with Gasteiger partial charge in [-0.05, 0) is 13.8 Å². The Kier molecular flexibility index (Phi) is 5.35. The van der Waals surface area contributed by atoms with E-state index >= 15 is 0 Å². The molecule has 0 aliphatic rings. The molecule has 106 valence electrons. The molecule has 0 aromatic carbocycles. The normalized spacial score (nSPS) is 10.2. The Bertz CT molecular complexity index is 415. The second kappa shape index (κ2) is 6.77. The largest absolute Gasteiger partial charge is 0.481 e. The quantitative estimate of drug-likeness (QED) is 0.710. The summed E-state index contributed by atoms with van der Waals surface area (Å²) in [5.41, 5.74) is 0. The number of hydrogen-bond donors (Lipinski definition) is 0. The Hall–Kier alpha value is -2.05. The van der Waals surface area contributed by atoms with Gasteiger partial charge in [-0.1, -0.05) is 0 Å². The number of anilines is 1. The number of methoxy groups -OCH3 is 3. The van der Waals surface area contributed by atoms with Crippen LogP contribution in [-0.2, 0) is 9.53 Å². The molecule has 0 unspecified atom stereocenters. The van der Waals surface area contributed by atoms with Gasteiger partial charge in [-0.2, -0.15) is 9.97 Å². The van der Waals surface area contributed by atoms with Gasteiger partial charge < -0.3 is 19.1 Å². The first-order chi connectivity index (χ1) is 9.01. The van der Waals surface area contributed by atoms with E-state index in [1.165, 1.54) is 21.3 Å². The summed E-state index contributed by atoms with van der Waals surface area (Å²) in [6.07, 6.45) is 0. The fourth-order valence-electron chi connectivity index (χ4n) is 1.42. The Labute approximate surface area is 112 Å². The minimum absolute atomic E-state index is 0.0240. The summed E-state index contributed by atoms with van der Waals surface area (Å²) < 4.78 is 14.8. The molecule has 0 bridgehead atoms. The van der Waals surface area contributed by atoms with Crippen molar-refractivity contribution in [3.8, 4) is 11.8 Å². The second-order valence-corrected chi connectivity index (χ2v) is 4.05. The smallest absolute Gasteiger partial charge is 0.325 e. The highest BCUT2D eigenvalue weighted by Crippen LogP contribution is 2.21. The monoisotopic (exact) mass is 269 g/mol. The first-order valence-electron chi connectivity index (χ1n) is 5.82. The van der Waals surface area contributed by atoms with Crippen molar-refractivity contribution in [3.05, 3.63) is 6.07 Å². The lowest BCUT2D eigenvalue weighted by Gasteiger charge is -2.25. The zero-order valence-corrected chi connectivity index (χ0v) is 11.8. The van der Waals surface area contributed by atoms with Gasteiger partial charge in [0.25, 0.3) is 0 Å². The third-order valence-corrected chi connectivity index (χ3v) is 2.49. The Balaban J connectivity index is 3.10. The second-order valence-electron chi connectivity index (χ2n) is 4.05. The van der Waals surface area contributed by atoms with Gasteiger partial charge in [-0.3, -0.25) is 4.79 Å². The zero-order valence-electron chi connectivity index (χ0n) is 11.8. The lowest BCUT2D eigenvalue weighted by Crippen LogP contribution is -2.37. The van der Waals surface area contributed by atoms with E-state index in [-0.39, 0.29) is 18.6 Å². The third kappa shape index (κ3) is 3.97. The highest BCUT2D eigenvalue weighted by molar-refractivity contribution is 5.75. The van der Waals surface area contributed by atoms with Crippen LogP contribution in [0.25, 0.3) is 0 Å². The van der Waals surface area contributed by atoms with Gasteiger partial charge in [-0.25, -0.2) is 0 Å². The van der Waals surface area contributed by atoms with Gasteiger partial charge >= 0.3 is 5.97 Å². The molecule has 0 N–H and O–H groups in total. The maximum Gasteiger partial charge on any atom is 0.325 e. The van der Waals surface area contributed by atoms with Gasteiger partial charge in [0.05, 0.1) is 27.4 Å². The summed E-state index contributed by atoms with van der Waals surface area (Å²) >= 11 is 0. The van der Waals surface area contributed by atoms with Crippen molar-refractivity contribution in [1.29, 1.82) is 0 Å². The molecule has 1 heterocycles. The highest BCUT2D eigenvalue weighted by Gasteiger charge is 2.19. The maximum absolute atomic E-state index is 11.4. The van der Waals surface area contributed by atoms with E-state index in [0.29, 0.717) is 17.7 Å². The van der Waals surface area contributed by atoms with Crippen LogP contribution in [0.4, 0.5) is 5.95 Å². The van der Waals surface area contributed by atoms with Crippen molar-refractivity contribution in [3.63, 3.8) is 0 Å². The first kappa shape index (κ1) is 15.0. The summed E-state index contributed by atoms with van der Waals surface area (Å²) in [6.45, 7) is 3.92. The molecule has 0 spiro atoms. The van der Waals surface area contributed by atoms with E-state index < -0.39 is 0 Å². The average molecular weight is 269 g/mol. The van der Waals surface area contributed by atoms with E-state index in [0.717, 1.165) is 0 Å². The van der Waals surface area contributed by atoms with Gasteiger partial charge in [0, 0.05) is 6.04 Å². The van der Waals surface area contributed by atoms with Gasteiger partial charge in [0.2, 0.25) is 17.7 Å². The molecule has 0 saturated heterocycles. The molecule has 0 aliphatic heterocycles. The molecular formula is C12H19N3O4. The number of ether oxygens (including phenoxy) is 3. The van der Waals surface area contributed by atoms with Gasteiger partial charge in [0.1, 0.15) is 6.54 Å². The number of esters is 1. The highest BCUT2D eigenvalue weighted by atomic mass is 16.5. The molecular weight excluding hydrogens is 250 g/mol. The van der Waals surface area contributed by atoms with Crippen LogP contribution in [-0.4, -0.2) is 49.9 Å². The Morgan fingerprint density at radius 2 is 1.74 bits per heavy atom. The Morgan fingerprint density at radius 3 is 2.11 bits per heavy atom. The molecule has 0 fully saturated rings. The van der Waals surface area contributed by atoms with E-state index in [1.807, 2.05) is 13.8 Å². The van der Waals surface area contributed by atoms with Crippen molar-refractivity contribution in [1.82, 2.24) is 9.97 Å². The number of nitrogens with zero attached hydrogens (tertiary/aromatic N) is 3. The SMILES string of the molecule is COC(=O)CN(c1nc(OC)cc(OC)n1)C(C)C. The van der Waals surface area contributed by atoms with Crippen LogP contribution in [0.15, 0.2) is 6.07 Å². The molecule has 1 aromatic rings. The molecule has 0 radical (unpaired) electrons. The fourth-order valence-corrected chi connectivity index (χ4v) is 1.42. The molecule has 7 nitrogen and oxygen atoms in total. The minimum Gasteiger partial charge on any atom is -0.481 e. The molecule has 1 aromatic heterocycles. The number of carbonyl (C=O) groups excluding carboxylic acids is 1. The molecule has 19 heavy (non-hydrogen) atoms. The first-order valence-corrected chi connectivity index (χ1v) is 5.82. The fraction of sp³-hybridized carbons (Fsp3) is 0.583. The van der Waals surface area contributed by atoms with E-state index in [9.17, 15) is 4.79 Å². The molecule has 7 heteroatoms. The van der Waals surface area contributed by atoms with Crippen molar-refractivity contribution in [2.24, 2.45) is 0 Å². The van der Waals surface area contributed by atoms with Crippen molar-refractivity contribution < 1.29 is 19.0 Å².